The van der Waals surface area contributed by atoms with Gasteiger partial charge in [-0.15, -0.1) is 26.2 Å². The molecular weight excluding hydrogens is 613 g/mol. The Balaban J connectivity index is 0.000000224. The normalized spacial score (nSPS) is 10.6. The first-order valence-corrected chi connectivity index (χ1v) is 11.3. The number of hydrogen-bond donors (Lipinski definition) is 0. The molecule has 6 aromatic rings. The summed E-state index contributed by atoms with van der Waals surface area (Å²) in [7, 11) is 7.73. The fourth-order valence-corrected chi connectivity index (χ4v) is 4.53. The van der Waals surface area contributed by atoms with Gasteiger partial charge in [0.25, 0.3) is 0 Å². The molecule has 6 heteroatoms. The average Bonchev–Trinajstić information content (AvgIpc) is 3.38. The second kappa shape index (κ2) is 10.4. The summed E-state index contributed by atoms with van der Waals surface area (Å²) in [6.07, 6.45) is 2.12. The van der Waals surface area contributed by atoms with Gasteiger partial charge in [0.1, 0.15) is 0 Å². The van der Waals surface area contributed by atoms with Crippen LogP contribution in [0.4, 0.5) is 11.4 Å². The van der Waals surface area contributed by atoms with Gasteiger partial charge >= 0.3 is 0 Å². The zero-order valence-electron chi connectivity index (χ0n) is 20.2. The van der Waals surface area contributed by atoms with Gasteiger partial charge in [-0.05, 0) is 30.6 Å². The predicted molar refractivity (Wildman–Crippen MR) is 144 cm³/mol. The maximum Gasteiger partial charge on any atom is 0.188 e. The summed E-state index contributed by atoms with van der Waals surface area (Å²) >= 11 is 0. The third-order valence-electron chi connectivity index (χ3n) is 6.26. The van der Waals surface area contributed by atoms with E-state index in [-0.39, 0.29) is 21.1 Å². The number of nitrogens with zero attached hydrogens (tertiary/aromatic N) is 5. The monoisotopic (exact) mass is 640 g/mol. The molecule has 0 radical (unpaired) electrons. The van der Waals surface area contributed by atoms with Gasteiger partial charge in [-0.1, -0.05) is 59.4 Å². The molecule has 2 heterocycles. The Morgan fingerprint density at radius 2 is 1.26 bits per heavy atom. The smallest absolute Gasteiger partial charge is 0.188 e. The van der Waals surface area contributed by atoms with E-state index in [1.54, 1.807) is 14.1 Å². The van der Waals surface area contributed by atoms with Crippen LogP contribution >= 0.6 is 0 Å². The number of benzene rings is 4. The molecule has 5 nitrogen and oxygen atoms in total. The molecule has 0 atom stereocenters. The van der Waals surface area contributed by atoms with Crippen LogP contribution in [-0.2, 0) is 35.2 Å². The van der Waals surface area contributed by atoms with Crippen LogP contribution in [0.25, 0.3) is 49.2 Å². The molecule has 0 fully saturated rings. The minimum absolute atomic E-state index is 0. The van der Waals surface area contributed by atoms with Crippen molar-refractivity contribution in [2.75, 3.05) is 14.1 Å². The number of aromatic nitrogens is 3. The average molecular weight is 641 g/mol. The Kier molecular flexibility index (Phi) is 7.28. The molecule has 0 aliphatic heterocycles. The molecule has 0 unspecified atom stereocenters. The maximum atomic E-state index is 4.05. The summed E-state index contributed by atoms with van der Waals surface area (Å²) in [5.41, 5.74) is 7.83. The third kappa shape index (κ3) is 4.44. The zero-order chi connectivity index (χ0) is 23.7. The van der Waals surface area contributed by atoms with Crippen LogP contribution < -0.4 is 0 Å². The molecule has 0 N–H and O–H groups in total. The fraction of sp³-hybridized carbons (Fsp3) is 0.138. The molecule has 6 rings (SSSR count). The van der Waals surface area contributed by atoms with Crippen LogP contribution in [0.3, 0.4) is 0 Å². The summed E-state index contributed by atoms with van der Waals surface area (Å²) in [5, 5.41) is 10.6. The summed E-state index contributed by atoms with van der Waals surface area (Å²) in [6, 6.07) is 32.6. The van der Waals surface area contributed by atoms with Crippen molar-refractivity contribution in [3.8, 4) is 5.69 Å². The Morgan fingerprint density at radius 1 is 0.686 bits per heavy atom. The van der Waals surface area contributed by atoms with Crippen LogP contribution in [0.1, 0.15) is 0 Å². The van der Waals surface area contributed by atoms with E-state index in [9.17, 15) is 0 Å². The molecule has 0 aliphatic carbocycles. The van der Waals surface area contributed by atoms with E-state index < -0.39 is 0 Å². The van der Waals surface area contributed by atoms with Crippen molar-refractivity contribution in [2.24, 2.45) is 14.1 Å². The van der Waals surface area contributed by atoms with Gasteiger partial charge < -0.3 is 15.2 Å². The summed E-state index contributed by atoms with van der Waals surface area (Å²) in [6.45, 7) is 0. The molecule has 180 valence electrons. The minimum atomic E-state index is 0. The standard InChI is InChI=1S/C21H17N3.C8H10N2.Pt/c1-22-14-24(21-10-6-5-9-20(21)22)15-11-12-19-17(13-15)16-7-3-4-8-18(16)23(19)2;1-9-7-5-3-4-6-8(7)10-2;/h3-10,12-14H,1-2H3;3-6H,1-2H3;/q;-2;. The molecule has 0 saturated heterocycles. The van der Waals surface area contributed by atoms with E-state index in [1.165, 1.54) is 32.8 Å². The van der Waals surface area contributed by atoms with Crippen molar-refractivity contribution in [1.82, 2.24) is 13.7 Å². The number of imidazole rings is 1. The number of fused-ring (bicyclic) bond motifs is 4. The number of rotatable bonds is 3. The van der Waals surface area contributed by atoms with E-state index in [4.69, 9.17) is 0 Å². The van der Waals surface area contributed by atoms with Crippen molar-refractivity contribution >= 4 is 44.2 Å². The third-order valence-corrected chi connectivity index (χ3v) is 6.26. The predicted octanol–water partition coefficient (Wildman–Crippen LogP) is 7.65. The molecule has 0 saturated carbocycles. The van der Waals surface area contributed by atoms with Gasteiger partial charge in [0.2, 0.25) is 0 Å². The van der Waals surface area contributed by atoms with Crippen LogP contribution in [0, 0.1) is 6.07 Å². The summed E-state index contributed by atoms with van der Waals surface area (Å²) in [4.78, 5) is 0. The first kappa shape index (κ1) is 24.6. The summed E-state index contributed by atoms with van der Waals surface area (Å²) < 4.78 is 6.59. The Bertz CT molecular complexity index is 1590. The molecule has 2 aromatic heterocycles. The number of hydrogen-bond acceptors (Lipinski definition) is 0. The SMILES string of the molecule is C[N-]c1ccccc1[N-]C.Cn1[cH+]n(-c2[c-]cc3c(c2)c2ccccc2n3C)c2ccccc21.[Pt]. The molecule has 0 bridgehead atoms. The van der Waals surface area contributed by atoms with Gasteiger partial charge in [-0.2, -0.15) is 11.4 Å². The van der Waals surface area contributed by atoms with E-state index in [2.05, 4.69) is 111 Å². The van der Waals surface area contributed by atoms with E-state index in [0.29, 0.717) is 0 Å². The van der Waals surface area contributed by atoms with Gasteiger partial charge in [0, 0.05) is 51.4 Å². The Hall–Kier alpha value is -3.56. The number of para-hydroxylation sites is 5. The first-order valence-electron chi connectivity index (χ1n) is 11.3. The Labute approximate surface area is 220 Å². The minimum Gasteiger partial charge on any atom is -0.688 e. The molecule has 0 aliphatic rings. The molecule has 0 spiro atoms. The van der Waals surface area contributed by atoms with Gasteiger partial charge in [0.05, 0.1) is 0 Å². The first-order chi connectivity index (χ1) is 16.6. The fourth-order valence-electron chi connectivity index (χ4n) is 4.53. The topological polar surface area (TPSA) is 43.0 Å². The van der Waals surface area contributed by atoms with Crippen molar-refractivity contribution in [1.29, 1.82) is 0 Å². The second-order valence-corrected chi connectivity index (χ2v) is 8.21. The number of aryl methyl sites for hydroxylation is 2. The molecule has 4 aromatic carbocycles. The summed E-state index contributed by atoms with van der Waals surface area (Å²) in [5.74, 6) is 0. The van der Waals surface area contributed by atoms with Crippen molar-refractivity contribution < 1.29 is 21.1 Å². The van der Waals surface area contributed by atoms with E-state index >= 15 is 0 Å². The molecular formula is C29H27N5Pt-2. The van der Waals surface area contributed by atoms with Crippen LogP contribution in [-0.4, -0.2) is 27.8 Å². The Morgan fingerprint density at radius 3 is 1.91 bits per heavy atom. The van der Waals surface area contributed by atoms with Crippen molar-refractivity contribution in [3.63, 3.8) is 0 Å². The van der Waals surface area contributed by atoms with Gasteiger partial charge in [0.15, 0.2) is 17.4 Å². The largest absolute Gasteiger partial charge is 0.688 e. The van der Waals surface area contributed by atoms with Crippen LogP contribution in [0.2, 0.25) is 0 Å². The van der Waals surface area contributed by atoms with Gasteiger partial charge in [-0.3, -0.25) is 0 Å². The van der Waals surface area contributed by atoms with Crippen molar-refractivity contribution in [2.45, 2.75) is 0 Å². The molecule has 0 amide bonds. The van der Waals surface area contributed by atoms with Crippen LogP contribution in [0.15, 0.2) is 91.3 Å². The van der Waals surface area contributed by atoms with E-state index in [1.807, 2.05) is 24.3 Å². The molecule has 35 heavy (non-hydrogen) atoms. The maximum absolute atomic E-state index is 4.05. The quantitative estimate of drug-likeness (QED) is 0.179. The van der Waals surface area contributed by atoms with Gasteiger partial charge in [-0.25, -0.2) is 9.13 Å². The van der Waals surface area contributed by atoms with Crippen LogP contribution in [0.5, 0.6) is 0 Å². The zero-order valence-corrected chi connectivity index (χ0v) is 22.5. The second-order valence-electron chi connectivity index (χ2n) is 8.21. The van der Waals surface area contributed by atoms with Crippen molar-refractivity contribution in [3.05, 3.63) is 108 Å². The van der Waals surface area contributed by atoms with E-state index in [0.717, 1.165) is 17.1 Å².